The quantitative estimate of drug-likeness (QED) is 0.151. The van der Waals surface area contributed by atoms with E-state index in [1.54, 1.807) is 0 Å². The van der Waals surface area contributed by atoms with Crippen molar-refractivity contribution in [1.82, 2.24) is 0 Å². The SMILES string of the molecule is c1ccc(C2(c3ccccc3)c3ccccc3-c3ccc(N(c4ccc(-c5ccc(-c6cccc(-c7ccc8ccccc8c7)c6)cc5)cc4)c4cccc5oc6ccccc6c45)cc32)cc1. The van der Waals surface area contributed by atoms with Crippen molar-refractivity contribution in [2.75, 3.05) is 4.90 Å². The molecular formula is C65H43NO. The Balaban J connectivity index is 0.926. The number of hydrogen-bond acceptors (Lipinski definition) is 2. The molecule has 0 amide bonds. The van der Waals surface area contributed by atoms with E-state index in [1.807, 2.05) is 6.07 Å². The number of nitrogens with zero attached hydrogens (tertiary/aromatic N) is 1. The maximum Gasteiger partial charge on any atom is 0.137 e. The predicted molar refractivity (Wildman–Crippen MR) is 280 cm³/mol. The van der Waals surface area contributed by atoms with Gasteiger partial charge >= 0.3 is 0 Å². The number of anilines is 3. The summed E-state index contributed by atoms with van der Waals surface area (Å²) in [5.41, 5.74) is 19.1. The van der Waals surface area contributed by atoms with E-state index >= 15 is 0 Å². The van der Waals surface area contributed by atoms with Gasteiger partial charge in [-0.15, -0.1) is 0 Å². The van der Waals surface area contributed by atoms with Crippen LogP contribution in [0.2, 0.25) is 0 Å². The van der Waals surface area contributed by atoms with Crippen molar-refractivity contribution in [3.8, 4) is 44.5 Å². The third kappa shape index (κ3) is 6.33. The van der Waals surface area contributed by atoms with Gasteiger partial charge in [0, 0.05) is 16.8 Å². The van der Waals surface area contributed by atoms with Crippen LogP contribution in [-0.4, -0.2) is 0 Å². The second kappa shape index (κ2) is 15.8. The van der Waals surface area contributed by atoms with Gasteiger partial charge in [-0.2, -0.15) is 0 Å². The molecule has 2 heteroatoms. The summed E-state index contributed by atoms with van der Waals surface area (Å²) in [7, 11) is 0. The lowest BCUT2D eigenvalue weighted by atomic mass is 9.67. The zero-order valence-corrected chi connectivity index (χ0v) is 36.7. The van der Waals surface area contributed by atoms with Crippen molar-refractivity contribution in [3.05, 3.63) is 283 Å². The van der Waals surface area contributed by atoms with E-state index in [0.29, 0.717) is 0 Å². The molecule has 1 aliphatic carbocycles. The van der Waals surface area contributed by atoms with Crippen molar-refractivity contribution in [1.29, 1.82) is 0 Å². The molecule has 0 atom stereocenters. The maximum absolute atomic E-state index is 6.52. The van der Waals surface area contributed by atoms with Gasteiger partial charge in [0.1, 0.15) is 11.2 Å². The smallest absolute Gasteiger partial charge is 0.137 e. The number of furan rings is 1. The summed E-state index contributed by atoms with van der Waals surface area (Å²) < 4.78 is 6.52. The first-order chi connectivity index (χ1) is 33.2. The van der Waals surface area contributed by atoms with Gasteiger partial charge in [-0.1, -0.05) is 206 Å². The minimum Gasteiger partial charge on any atom is -0.456 e. The van der Waals surface area contributed by atoms with Crippen LogP contribution in [0.25, 0.3) is 77.2 Å². The molecule has 67 heavy (non-hydrogen) atoms. The van der Waals surface area contributed by atoms with Crippen molar-refractivity contribution in [2.45, 2.75) is 5.41 Å². The zero-order valence-electron chi connectivity index (χ0n) is 36.7. The molecule has 13 rings (SSSR count). The van der Waals surface area contributed by atoms with Crippen LogP contribution in [0.3, 0.4) is 0 Å². The van der Waals surface area contributed by atoms with E-state index in [9.17, 15) is 0 Å². The molecule has 0 aliphatic heterocycles. The van der Waals surface area contributed by atoms with Crippen molar-refractivity contribution < 1.29 is 4.42 Å². The first-order valence-electron chi connectivity index (χ1n) is 23.1. The third-order valence-corrected chi connectivity index (χ3v) is 13.9. The lowest BCUT2D eigenvalue weighted by molar-refractivity contribution is 0.669. The minimum atomic E-state index is -0.530. The van der Waals surface area contributed by atoms with Gasteiger partial charge in [-0.3, -0.25) is 0 Å². The van der Waals surface area contributed by atoms with Crippen LogP contribution in [0.5, 0.6) is 0 Å². The van der Waals surface area contributed by atoms with Gasteiger partial charge in [-0.25, -0.2) is 0 Å². The second-order valence-electron chi connectivity index (χ2n) is 17.6. The molecular weight excluding hydrogens is 811 g/mol. The highest BCUT2D eigenvalue weighted by atomic mass is 16.3. The van der Waals surface area contributed by atoms with Gasteiger partial charge in [0.15, 0.2) is 0 Å². The number of hydrogen-bond donors (Lipinski definition) is 0. The molecule has 1 heterocycles. The third-order valence-electron chi connectivity index (χ3n) is 13.9. The summed E-state index contributed by atoms with van der Waals surface area (Å²) in [5, 5.41) is 4.69. The highest BCUT2D eigenvalue weighted by molar-refractivity contribution is 6.13. The van der Waals surface area contributed by atoms with Crippen LogP contribution in [-0.2, 0) is 5.41 Å². The average molecular weight is 854 g/mol. The molecule has 0 N–H and O–H groups in total. The normalized spacial score (nSPS) is 12.6. The molecule has 1 aliphatic rings. The van der Waals surface area contributed by atoms with Crippen LogP contribution in [0.4, 0.5) is 17.1 Å². The molecule has 2 nitrogen and oxygen atoms in total. The number of para-hydroxylation sites is 1. The maximum atomic E-state index is 6.52. The number of fused-ring (bicyclic) bond motifs is 7. The topological polar surface area (TPSA) is 16.4 Å². The summed E-state index contributed by atoms with van der Waals surface area (Å²) in [6.45, 7) is 0. The molecule has 0 bridgehead atoms. The van der Waals surface area contributed by atoms with E-state index in [1.165, 1.54) is 72.0 Å². The Bertz CT molecular complexity index is 3750. The fourth-order valence-electron chi connectivity index (χ4n) is 10.8. The highest BCUT2D eigenvalue weighted by Gasteiger charge is 2.46. The van der Waals surface area contributed by atoms with Crippen molar-refractivity contribution in [3.63, 3.8) is 0 Å². The second-order valence-corrected chi connectivity index (χ2v) is 17.6. The molecule has 0 radical (unpaired) electrons. The molecule has 11 aromatic carbocycles. The summed E-state index contributed by atoms with van der Waals surface area (Å²) in [6.07, 6.45) is 0. The lowest BCUT2D eigenvalue weighted by Crippen LogP contribution is -2.28. The summed E-state index contributed by atoms with van der Waals surface area (Å²) >= 11 is 0. The van der Waals surface area contributed by atoms with Gasteiger partial charge in [0.05, 0.1) is 16.5 Å². The Kier molecular flexibility index (Phi) is 9.11. The average Bonchev–Trinajstić information content (AvgIpc) is 3.94. The van der Waals surface area contributed by atoms with Crippen LogP contribution in [0.1, 0.15) is 22.3 Å². The minimum absolute atomic E-state index is 0.530. The van der Waals surface area contributed by atoms with Crippen molar-refractivity contribution >= 4 is 49.8 Å². The van der Waals surface area contributed by atoms with Gasteiger partial charge in [-0.05, 0) is 132 Å². The number of benzene rings is 11. The van der Waals surface area contributed by atoms with E-state index in [-0.39, 0.29) is 0 Å². The van der Waals surface area contributed by atoms with Crippen LogP contribution in [0.15, 0.2) is 265 Å². The molecule has 0 fully saturated rings. The monoisotopic (exact) mass is 853 g/mol. The first kappa shape index (κ1) is 38.7. The highest BCUT2D eigenvalue weighted by Crippen LogP contribution is 2.57. The molecule has 314 valence electrons. The molecule has 0 spiro atoms. The standard InChI is InChI=1S/C65H43NO/c1-3-19-52(20-4-1)65(53-21-5-2-6-22-53)59-25-11-9-23-56(59)57-40-39-55(43-60(57)65)66(61-26-14-28-63-64(61)58-24-10-12-27-62(58)67-63)54-37-35-46(36-38-54)45-29-31-47(32-30-45)49-17-13-18-50(41-49)51-34-33-44-15-7-8-16-48(44)42-51/h1-43H. The summed E-state index contributed by atoms with van der Waals surface area (Å²) in [5.74, 6) is 0. The van der Waals surface area contributed by atoms with Gasteiger partial charge in [0.25, 0.3) is 0 Å². The molecule has 0 saturated carbocycles. The number of rotatable bonds is 8. The first-order valence-corrected chi connectivity index (χ1v) is 23.1. The summed E-state index contributed by atoms with van der Waals surface area (Å²) in [6, 6.07) is 95.0. The van der Waals surface area contributed by atoms with Gasteiger partial charge < -0.3 is 9.32 Å². The largest absolute Gasteiger partial charge is 0.456 e. The Morgan fingerprint density at radius 3 is 1.61 bits per heavy atom. The van der Waals surface area contributed by atoms with E-state index in [0.717, 1.165) is 44.6 Å². The lowest BCUT2D eigenvalue weighted by Gasteiger charge is -2.35. The molecule has 0 unspecified atom stereocenters. The molecule has 0 saturated heterocycles. The Morgan fingerprint density at radius 1 is 0.313 bits per heavy atom. The predicted octanol–water partition coefficient (Wildman–Crippen LogP) is 17.6. The fourth-order valence-corrected chi connectivity index (χ4v) is 10.8. The van der Waals surface area contributed by atoms with E-state index in [4.69, 9.17) is 4.42 Å². The Labute approximate surface area is 390 Å². The molecule has 1 aromatic heterocycles. The van der Waals surface area contributed by atoms with Crippen molar-refractivity contribution in [2.24, 2.45) is 0 Å². The van der Waals surface area contributed by atoms with Gasteiger partial charge in [0.2, 0.25) is 0 Å². The Morgan fingerprint density at radius 2 is 0.851 bits per heavy atom. The van der Waals surface area contributed by atoms with Crippen LogP contribution in [0, 0.1) is 0 Å². The Hall–Kier alpha value is -8.72. The van der Waals surface area contributed by atoms with E-state index < -0.39 is 5.41 Å². The van der Waals surface area contributed by atoms with Crippen LogP contribution < -0.4 is 4.90 Å². The molecule has 12 aromatic rings. The van der Waals surface area contributed by atoms with Crippen LogP contribution >= 0.6 is 0 Å². The summed E-state index contributed by atoms with van der Waals surface area (Å²) in [4.78, 5) is 2.42. The zero-order chi connectivity index (χ0) is 44.3. The fraction of sp³-hybridized carbons (Fsp3) is 0.0154. The van der Waals surface area contributed by atoms with E-state index in [2.05, 4.69) is 260 Å².